The van der Waals surface area contributed by atoms with E-state index < -0.39 is 24.0 Å². The maximum Gasteiger partial charge on any atom is 0.325 e. The zero-order valence-corrected chi connectivity index (χ0v) is 18.7. The van der Waals surface area contributed by atoms with Crippen molar-refractivity contribution in [2.75, 3.05) is 18.9 Å². The molecule has 0 bridgehead atoms. The predicted octanol–water partition coefficient (Wildman–Crippen LogP) is 2.90. The number of urea groups is 1. The van der Waals surface area contributed by atoms with Crippen molar-refractivity contribution >= 4 is 29.4 Å². The Morgan fingerprint density at radius 1 is 1.19 bits per heavy atom. The van der Waals surface area contributed by atoms with Gasteiger partial charge in [0, 0.05) is 7.05 Å². The topological polar surface area (TPSA) is 108 Å². The molecule has 1 saturated heterocycles. The molecule has 168 valence electrons. The number of para-hydroxylation sites is 1. The van der Waals surface area contributed by atoms with E-state index in [2.05, 4.69) is 36.7 Å². The Bertz CT molecular complexity index is 887. The molecule has 2 fully saturated rings. The fourth-order valence-corrected chi connectivity index (χ4v) is 4.60. The number of hydrogen-bond donors (Lipinski definition) is 3. The Morgan fingerprint density at radius 3 is 2.45 bits per heavy atom. The van der Waals surface area contributed by atoms with E-state index in [4.69, 9.17) is 0 Å². The fraction of sp³-hybridized carbons (Fsp3) is 0.565. The predicted molar refractivity (Wildman–Crippen MR) is 117 cm³/mol. The van der Waals surface area contributed by atoms with Gasteiger partial charge in [0.05, 0.1) is 11.3 Å². The lowest BCUT2D eigenvalue weighted by Gasteiger charge is -2.42. The van der Waals surface area contributed by atoms with Gasteiger partial charge in [-0.2, -0.15) is 0 Å². The number of hydrogen-bond acceptors (Lipinski definition) is 4. The Labute approximate surface area is 183 Å². The molecule has 0 unspecified atom stereocenters. The van der Waals surface area contributed by atoms with Crippen molar-refractivity contribution in [1.82, 2.24) is 15.5 Å². The van der Waals surface area contributed by atoms with Gasteiger partial charge in [0.2, 0.25) is 5.91 Å². The van der Waals surface area contributed by atoms with E-state index in [1.54, 1.807) is 24.3 Å². The van der Waals surface area contributed by atoms with Crippen molar-refractivity contribution in [3.63, 3.8) is 0 Å². The lowest BCUT2D eigenvalue weighted by atomic mass is 9.65. The Hall–Kier alpha value is -2.90. The normalized spacial score (nSPS) is 23.6. The molecule has 1 aliphatic carbocycles. The van der Waals surface area contributed by atoms with E-state index in [9.17, 15) is 19.2 Å². The number of imide groups is 1. The van der Waals surface area contributed by atoms with Gasteiger partial charge in [-0.3, -0.25) is 19.3 Å². The summed E-state index contributed by atoms with van der Waals surface area (Å²) in [7, 11) is 1.50. The van der Waals surface area contributed by atoms with Crippen LogP contribution >= 0.6 is 0 Å². The molecule has 1 heterocycles. The van der Waals surface area contributed by atoms with Crippen molar-refractivity contribution in [2.45, 2.75) is 58.4 Å². The highest BCUT2D eigenvalue weighted by molar-refractivity contribution is 6.11. The number of rotatable bonds is 6. The maximum absolute atomic E-state index is 13.1. The van der Waals surface area contributed by atoms with Gasteiger partial charge < -0.3 is 16.0 Å². The van der Waals surface area contributed by atoms with E-state index in [0.717, 1.165) is 24.2 Å². The van der Waals surface area contributed by atoms with Gasteiger partial charge in [0.1, 0.15) is 12.1 Å². The summed E-state index contributed by atoms with van der Waals surface area (Å²) < 4.78 is 0. The maximum atomic E-state index is 13.1. The molecular formula is C23H32N4O4. The van der Waals surface area contributed by atoms with Crippen molar-refractivity contribution < 1.29 is 19.2 Å². The first-order valence-electron chi connectivity index (χ1n) is 10.9. The molecule has 0 radical (unpaired) electrons. The van der Waals surface area contributed by atoms with Crippen LogP contribution in [0, 0.1) is 11.3 Å². The summed E-state index contributed by atoms with van der Waals surface area (Å²) in [6.45, 7) is 6.28. The average molecular weight is 429 g/mol. The summed E-state index contributed by atoms with van der Waals surface area (Å²) in [5, 5.41) is 8.03. The third kappa shape index (κ3) is 4.43. The van der Waals surface area contributed by atoms with Crippen LogP contribution in [0.4, 0.5) is 10.5 Å². The molecule has 3 rings (SSSR count). The molecule has 1 aromatic carbocycles. The van der Waals surface area contributed by atoms with Gasteiger partial charge in [-0.1, -0.05) is 39.3 Å². The van der Waals surface area contributed by atoms with E-state index in [1.807, 2.05) is 0 Å². The van der Waals surface area contributed by atoms with Crippen LogP contribution in [0.25, 0.3) is 0 Å². The van der Waals surface area contributed by atoms with Gasteiger partial charge in [0.25, 0.3) is 11.8 Å². The fourth-order valence-electron chi connectivity index (χ4n) is 4.60. The van der Waals surface area contributed by atoms with Crippen LogP contribution < -0.4 is 16.0 Å². The van der Waals surface area contributed by atoms with Crippen molar-refractivity contribution in [2.24, 2.45) is 11.3 Å². The molecule has 1 aliphatic heterocycles. The lowest BCUT2D eigenvalue weighted by molar-refractivity contribution is -0.135. The first-order valence-corrected chi connectivity index (χ1v) is 10.9. The second-order valence-electron chi connectivity index (χ2n) is 9.19. The Balaban J connectivity index is 1.66. The Kier molecular flexibility index (Phi) is 6.38. The van der Waals surface area contributed by atoms with Crippen LogP contribution in [0.5, 0.6) is 0 Å². The minimum atomic E-state index is -0.905. The summed E-state index contributed by atoms with van der Waals surface area (Å²) in [4.78, 5) is 51.3. The number of amides is 5. The second kappa shape index (κ2) is 8.69. The van der Waals surface area contributed by atoms with Gasteiger partial charge in [-0.15, -0.1) is 0 Å². The van der Waals surface area contributed by atoms with Crippen LogP contribution in [-0.4, -0.2) is 47.8 Å². The Morgan fingerprint density at radius 2 is 1.84 bits per heavy atom. The molecular weight excluding hydrogens is 396 g/mol. The first kappa shape index (κ1) is 22.8. The molecule has 1 aromatic rings. The molecule has 31 heavy (non-hydrogen) atoms. The van der Waals surface area contributed by atoms with Crippen LogP contribution in [0.15, 0.2) is 24.3 Å². The quantitative estimate of drug-likeness (QED) is 0.606. The largest absolute Gasteiger partial charge is 0.355 e. The molecule has 0 atom stereocenters. The molecule has 1 saturated carbocycles. The highest BCUT2D eigenvalue weighted by atomic mass is 16.2. The smallest absolute Gasteiger partial charge is 0.325 e. The van der Waals surface area contributed by atoms with Gasteiger partial charge in [-0.05, 0) is 49.1 Å². The van der Waals surface area contributed by atoms with Crippen molar-refractivity contribution in [1.29, 1.82) is 0 Å². The summed E-state index contributed by atoms with van der Waals surface area (Å²) in [5.41, 5.74) is -0.0669. The monoisotopic (exact) mass is 428 g/mol. The van der Waals surface area contributed by atoms with Gasteiger partial charge in [-0.25, -0.2) is 4.79 Å². The number of carbonyl (C=O) groups is 4. The second-order valence-corrected chi connectivity index (χ2v) is 9.19. The molecule has 0 aromatic heterocycles. The summed E-state index contributed by atoms with van der Waals surface area (Å²) >= 11 is 0. The van der Waals surface area contributed by atoms with Crippen LogP contribution in [-0.2, 0) is 9.59 Å². The SMILES string of the molecule is CCC(C)(C)C1CCC2(CC1)NC(=O)N(CC(=O)Nc1ccccc1C(=O)NC)C2=O. The minimum absolute atomic E-state index is 0.199. The van der Waals surface area contributed by atoms with E-state index in [0.29, 0.717) is 30.0 Å². The van der Waals surface area contributed by atoms with Crippen molar-refractivity contribution in [3.05, 3.63) is 29.8 Å². The summed E-state index contributed by atoms with van der Waals surface area (Å²) in [5.74, 6) is -0.694. The lowest BCUT2D eigenvalue weighted by Crippen LogP contribution is -2.51. The number of carbonyl (C=O) groups excluding carboxylic acids is 4. The minimum Gasteiger partial charge on any atom is -0.355 e. The third-order valence-corrected chi connectivity index (χ3v) is 7.08. The van der Waals surface area contributed by atoms with Gasteiger partial charge >= 0.3 is 6.03 Å². The highest BCUT2D eigenvalue weighted by Crippen LogP contribution is 2.45. The zero-order chi connectivity index (χ0) is 22.8. The van der Waals surface area contributed by atoms with E-state index in [1.165, 1.54) is 7.05 Å². The van der Waals surface area contributed by atoms with E-state index in [-0.39, 0.29) is 17.2 Å². The van der Waals surface area contributed by atoms with Crippen LogP contribution in [0.3, 0.4) is 0 Å². The van der Waals surface area contributed by atoms with Gasteiger partial charge in [0.15, 0.2) is 0 Å². The van der Waals surface area contributed by atoms with Crippen LogP contribution in [0.2, 0.25) is 0 Å². The molecule has 5 amide bonds. The molecule has 8 heteroatoms. The molecule has 2 aliphatic rings. The number of nitrogens with zero attached hydrogens (tertiary/aromatic N) is 1. The molecule has 1 spiro atoms. The molecule has 3 N–H and O–H groups in total. The van der Waals surface area contributed by atoms with E-state index >= 15 is 0 Å². The third-order valence-electron chi connectivity index (χ3n) is 7.08. The number of nitrogens with one attached hydrogen (secondary N) is 3. The van der Waals surface area contributed by atoms with Crippen LogP contribution in [0.1, 0.15) is 63.2 Å². The highest BCUT2D eigenvalue weighted by Gasteiger charge is 2.53. The average Bonchev–Trinajstić information content (AvgIpc) is 2.97. The summed E-state index contributed by atoms with van der Waals surface area (Å²) in [6.07, 6.45) is 3.97. The van der Waals surface area contributed by atoms with Crippen molar-refractivity contribution in [3.8, 4) is 0 Å². The first-order chi connectivity index (χ1) is 14.6. The molecule has 8 nitrogen and oxygen atoms in total. The number of anilines is 1. The summed E-state index contributed by atoms with van der Waals surface area (Å²) in [6, 6.07) is 6.05. The zero-order valence-electron chi connectivity index (χ0n) is 18.7. The standard InChI is InChI=1S/C23H32N4O4/c1-5-22(2,3)15-10-12-23(13-11-15)20(30)27(21(31)26-23)14-18(28)25-17-9-7-6-8-16(17)19(29)24-4/h6-9,15H,5,10-14H2,1-4H3,(H,24,29)(H,25,28)(H,26,31). The number of benzene rings is 1.